The van der Waals surface area contributed by atoms with Gasteiger partial charge >= 0.3 is 5.97 Å². The topological polar surface area (TPSA) is 61.6 Å². The number of ether oxygens (including phenoxy) is 2. The molecule has 0 aliphatic carbocycles. The molecule has 1 heterocycles. The summed E-state index contributed by atoms with van der Waals surface area (Å²) in [5.41, 5.74) is 1.33. The number of fused-ring (bicyclic) bond motifs is 1. The average molecular weight is 380 g/mol. The normalized spacial score (nSPS) is 10.7. The van der Waals surface area contributed by atoms with Crippen molar-refractivity contribution in [2.75, 3.05) is 6.61 Å². The van der Waals surface area contributed by atoms with Crippen LogP contribution in [0.15, 0.2) is 51.4 Å². The minimum Gasteiger partial charge on any atom is -0.481 e. The van der Waals surface area contributed by atoms with Crippen molar-refractivity contribution in [3.05, 3.63) is 58.6 Å². The van der Waals surface area contributed by atoms with Crippen LogP contribution in [0.2, 0.25) is 0 Å². The Morgan fingerprint density at radius 2 is 2.09 bits per heavy atom. The van der Waals surface area contributed by atoms with Crippen LogP contribution in [0.4, 0.5) is 4.39 Å². The second-order valence-corrected chi connectivity index (χ2v) is 5.45. The summed E-state index contributed by atoms with van der Waals surface area (Å²) < 4.78 is 29.1. The number of halogens is 2. The van der Waals surface area contributed by atoms with Gasteiger partial charge in [-0.15, -0.1) is 0 Å². The Hall–Kier alpha value is -2.41. The van der Waals surface area contributed by atoms with Gasteiger partial charge in [0.1, 0.15) is 17.1 Å². The number of carbonyl (C=O) groups is 1. The minimum atomic E-state index is -0.580. The summed E-state index contributed by atoms with van der Waals surface area (Å²) in [6.07, 6.45) is 0. The van der Waals surface area contributed by atoms with Gasteiger partial charge in [0, 0.05) is 0 Å². The van der Waals surface area contributed by atoms with E-state index in [1.54, 1.807) is 12.1 Å². The van der Waals surface area contributed by atoms with Crippen molar-refractivity contribution < 1.29 is 23.1 Å². The molecule has 0 radical (unpaired) electrons. The van der Waals surface area contributed by atoms with Gasteiger partial charge in [0.15, 0.2) is 18.8 Å². The van der Waals surface area contributed by atoms with Gasteiger partial charge in [0.25, 0.3) is 0 Å². The maximum Gasteiger partial charge on any atom is 0.344 e. The quantitative estimate of drug-likeness (QED) is 0.630. The summed E-state index contributed by atoms with van der Waals surface area (Å²) in [5.74, 6) is -0.320. The zero-order valence-corrected chi connectivity index (χ0v) is 13.4. The Morgan fingerprint density at radius 1 is 1.26 bits per heavy atom. The fourth-order valence-electron chi connectivity index (χ4n) is 1.89. The van der Waals surface area contributed by atoms with E-state index in [4.69, 9.17) is 13.9 Å². The largest absolute Gasteiger partial charge is 0.481 e. The highest BCUT2D eigenvalue weighted by Crippen LogP contribution is 2.25. The average Bonchev–Trinajstić information content (AvgIpc) is 2.95. The van der Waals surface area contributed by atoms with Gasteiger partial charge in [-0.2, -0.15) is 0 Å². The number of benzene rings is 2. The lowest BCUT2D eigenvalue weighted by atomic mass is 10.3. The summed E-state index contributed by atoms with van der Waals surface area (Å²) in [4.78, 5) is 15.9. The van der Waals surface area contributed by atoms with Crippen molar-refractivity contribution in [2.24, 2.45) is 0 Å². The lowest BCUT2D eigenvalue weighted by Crippen LogP contribution is -2.15. The highest BCUT2D eigenvalue weighted by Gasteiger charge is 2.11. The summed E-state index contributed by atoms with van der Waals surface area (Å²) in [6, 6.07) is 11.2. The maximum absolute atomic E-state index is 12.9. The van der Waals surface area contributed by atoms with Gasteiger partial charge in [-0.3, -0.25) is 0 Å². The van der Waals surface area contributed by atoms with Crippen LogP contribution >= 0.6 is 15.9 Å². The van der Waals surface area contributed by atoms with Crippen LogP contribution in [-0.4, -0.2) is 17.6 Å². The van der Waals surface area contributed by atoms with Crippen molar-refractivity contribution in [1.29, 1.82) is 0 Å². The maximum atomic E-state index is 12.9. The standard InChI is InChI=1S/C16H11BrFNO4/c17-11-7-10(18)5-6-13(11)21-9-16(20)22-8-15-19-12-3-1-2-4-14(12)23-15/h1-7H,8-9H2. The highest BCUT2D eigenvalue weighted by molar-refractivity contribution is 9.10. The number of aromatic nitrogens is 1. The Kier molecular flexibility index (Phi) is 4.57. The van der Waals surface area contributed by atoms with E-state index in [1.165, 1.54) is 18.2 Å². The molecular weight excluding hydrogens is 369 g/mol. The Morgan fingerprint density at radius 3 is 2.87 bits per heavy atom. The molecule has 7 heteroatoms. The van der Waals surface area contributed by atoms with Crippen molar-refractivity contribution in [1.82, 2.24) is 4.98 Å². The van der Waals surface area contributed by atoms with Crippen molar-refractivity contribution >= 4 is 33.0 Å². The van der Waals surface area contributed by atoms with E-state index >= 15 is 0 Å². The zero-order chi connectivity index (χ0) is 16.2. The van der Waals surface area contributed by atoms with Crippen LogP contribution in [-0.2, 0) is 16.1 Å². The van der Waals surface area contributed by atoms with E-state index in [-0.39, 0.29) is 13.2 Å². The fraction of sp³-hybridized carbons (Fsp3) is 0.125. The second-order valence-electron chi connectivity index (χ2n) is 4.60. The zero-order valence-electron chi connectivity index (χ0n) is 11.8. The summed E-state index contributed by atoms with van der Waals surface area (Å²) >= 11 is 3.15. The summed E-state index contributed by atoms with van der Waals surface area (Å²) in [7, 11) is 0. The monoisotopic (exact) mass is 379 g/mol. The van der Waals surface area contributed by atoms with Crippen LogP contribution in [0.5, 0.6) is 5.75 Å². The summed E-state index contributed by atoms with van der Waals surface area (Å²) in [5, 5.41) is 0. The molecule has 5 nitrogen and oxygen atoms in total. The van der Waals surface area contributed by atoms with Crippen LogP contribution in [0.3, 0.4) is 0 Å². The third-order valence-corrected chi connectivity index (χ3v) is 3.55. The van der Waals surface area contributed by atoms with Crippen LogP contribution in [0, 0.1) is 5.82 Å². The molecule has 0 bridgehead atoms. The van der Waals surface area contributed by atoms with Gasteiger partial charge in [-0.25, -0.2) is 14.2 Å². The van der Waals surface area contributed by atoms with E-state index < -0.39 is 11.8 Å². The molecule has 0 atom stereocenters. The first kappa shape index (κ1) is 15.5. The molecule has 118 valence electrons. The first-order chi connectivity index (χ1) is 11.1. The SMILES string of the molecule is O=C(COc1ccc(F)cc1Br)OCc1nc2ccccc2o1. The number of hydrogen-bond donors (Lipinski definition) is 0. The van der Waals surface area contributed by atoms with E-state index in [1.807, 2.05) is 12.1 Å². The molecule has 2 aromatic carbocycles. The minimum absolute atomic E-state index is 0.0819. The number of rotatable bonds is 5. The van der Waals surface area contributed by atoms with E-state index in [0.717, 1.165) is 0 Å². The van der Waals surface area contributed by atoms with Gasteiger partial charge in [0.2, 0.25) is 5.89 Å². The molecule has 0 aliphatic heterocycles. The molecule has 0 saturated carbocycles. The summed E-state index contributed by atoms with van der Waals surface area (Å²) in [6.45, 7) is -0.383. The Balaban J connectivity index is 1.53. The number of carbonyl (C=O) groups excluding carboxylic acids is 1. The molecular formula is C16H11BrFNO4. The number of para-hydroxylation sites is 2. The molecule has 23 heavy (non-hydrogen) atoms. The highest BCUT2D eigenvalue weighted by atomic mass is 79.9. The predicted octanol–water partition coefficient (Wildman–Crippen LogP) is 3.85. The molecule has 0 fully saturated rings. The van der Waals surface area contributed by atoms with Gasteiger partial charge in [-0.05, 0) is 46.3 Å². The van der Waals surface area contributed by atoms with Crippen molar-refractivity contribution in [2.45, 2.75) is 6.61 Å². The van der Waals surface area contributed by atoms with Crippen molar-refractivity contribution in [3.8, 4) is 5.75 Å². The molecule has 0 unspecified atom stereocenters. The molecule has 0 saturated heterocycles. The van der Waals surface area contributed by atoms with Crippen LogP contribution < -0.4 is 4.74 Å². The molecule has 1 aromatic heterocycles. The Bertz CT molecular complexity index is 816. The smallest absolute Gasteiger partial charge is 0.344 e. The number of esters is 1. The predicted molar refractivity (Wildman–Crippen MR) is 83.4 cm³/mol. The van der Waals surface area contributed by atoms with Gasteiger partial charge in [-0.1, -0.05) is 12.1 Å². The third-order valence-electron chi connectivity index (χ3n) is 2.93. The first-order valence-corrected chi connectivity index (χ1v) is 7.49. The van der Waals surface area contributed by atoms with Gasteiger partial charge < -0.3 is 13.9 Å². The third kappa shape index (κ3) is 3.87. The molecule has 0 aliphatic rings. The lowest BCUT2D eigenvalue weighted by molar-refractivity contribution is -0.148. The second kappa shape index (κ2) is 6.78. The fourth-order valence-corrected chi connectivity index (χ4v) is 2.36. The Labute approximate surface area is 139 Å². The van der Waals surface area contributed by atoms with Crippen LogP contribution in [0.1, 0.15) is 5.89 Å². The van der Waals surface area contributed by atoms with E-state index in [9.17, 15) is 9.18 Å². The number of hydrogen-bond acceptors (Lipinski definition) is 5. The van der Waals surface area contributed by atoms with E-state index in [0.29, 0.717) is 27.2 Å². The molecule has 0 amide bonds. The van der Waals surface area contributed by atoms with E-state index in [2.05, 4.69) is 20.9 Å². The molecule has 3 aromatic rings. The number of nitrogens with zero attached hydrogens (tertiary/aromatic N) is 1. The molecule has 3 rings (SSSR count). The molecule has 0 spiro atoms. The first-order valence-electron chi connectivity index (χ1n) is 6.70. The van der Waals surface area contributed by atoms with Gasteiger partial charge in [0.05, 0.1) is 4.47 Å². The number of oxazole rings is 1. The molecule has 0 N–H and O–H groups in total. The van der Waals surface area contributed by atoms with Crippen molar-refractivity contribution in [3.63, 3.8) is 0 Å². The lowest BCUT2D eigenvalue weighted by Gasteiger charge is -2.07. The van der Waals surface area contributed by atoms with Crippen LogP contribution in [0.25, 0.3) is 11.1 Å².